The van der Waals surface area contributed by atoms with E-state index in [0.717, 1.165) is 45.6 Å². The predicted octanol–water partition coefficient (Wildman–Crippen LogP) is 8.61. The van der Waals surface area contributed by atoms with Gasteiger partial charge >= 0.3 is 0 Å². The lowest BCUT2D eigenvalue weighted by molar-refractivity contribution is 0.339. The highest BCUT2D eigenvalue weighted by molar-refractivity contribution is 9.14. The number of rotatable bonds is 8. The minimum absolute atomic E-state index is 0.259. The molecule has 0 heterocycles. The molecular weight excluding hydrogens is 740 g/mol. The maximum absolute atomic E-state index is 5.88. The summed E-state index contributed by atoms with van der Waals surface area (Å²) in [7, 11) is 0. The fourth-order valence-electron chi connectivity index (χ4n) is 2.70. The molecule has 0 aromatic heterocycles. The van der Waals surface area contributed by atoms with Gasteiger partial charge in [-0.25, -0.2) is 0 Å². The van der Waals surface area contributed by atoms with Gasteiger partial charge < -0.3 is 9.47 Å². The van der Waals surface area contributed by atoms with Crippen molar-refractivity contribution in [3.8, 4) is 11.5 Å². The molecule has 0 saturated carbocycles. The van der Waals surface area contributed by atoms with Crippen molar-refractivity contribution in [3.05, 3.63) is 53.3 Å². The van der Waals surface area contributed by atoms with Crippen LogP contribution in [0.25, 0.3) is 0 Å². The van der Waals surface area contributed by atoms with E-state index in [4.69, 9.17) is 9.47 Å². The molecule has 0 amide bonds. The van der Waals surface area contributed by atoms with Crippen molar-refractivity contribution in [2.45, 2.75) is 19.3 Å². The average Bonchev–Trinajstić information content (AvgIpc) is 2.65. The zero-order chi connectivity index (χ0) is 20.2. The standard InChI is InChI=1S/C19H18Br6O2/c1-19(2,11-3-5-12(6-4-11)26-9-7-20)13-14(22)16(24)18(27-10-8-21)17(25)15(13)23/h3-6H,7-10H2,1-2H3. The molecule has 8 heteroatoms. The van der Waals surface area contributed by atoms with Crippen LogP contribution in [0.3, 0.4) is 0 Å². The molecule has 0 fully saturated rings. The van der Waals surface area contributed by atoms with Crippen LogP contribution in [0.4, 0.5) is 0 Å². The zero-order valence-corrected chi connectivity index (χ0v) is 24.2. The number of hydrogen-bond donors (Lipinski definition) is 0. The van der Waals surface area contributed by atoms with Crippen LogP contribution in [0, 0.1) is 0 Å². The summed E-state index contributed by atoms with van der Waals surface area (Å²) in [6, 6.07) is 8.25. The number of halogens is 6. The summed E-state index contributed by atoms with van der Waals surface area (Å²) >= 11 is 21.7. The first-order valence-electron chi connectivity index (χ1n) is 8.10. The highest BCUT2D eigenvalue weighted by Gasteiger charge is 2.32. The Bertz CT molecular complexity index is 761. The van der Waals surface area contributed by atoms with E-state index in [1.807, 2.05) is 12.1 Å². The normalized spacial score (nSPS) is 11.6. The SMILES string of the molecule is CC(C)(c1ccc(OCCBr)cc1)c1c(Br)c(Br)c(OCCBr)c(Br)c1Br. The van der Waals surface area contributed by atoms with E-state index >= 15 is 0 Å². The van der Waals surface area contributed by atoms with E-state index in [-0.39, 0.29) is 5.41 Å². The highest BCUT2D eigenvalue weighted by atomic mass is 79.9. The molecule has 0 radical (unpaired) electrons. The summed E-state index contributed by atoms with van der Waals surface area (Å²) in [4.78, 5) is 0. The Balaban J connectivity index is 2.49. The third-order valence-electron chi connectivity index (χ3n) is 4.09. The van der Waals surface area contributed by atoms with Crippen molar-refractivity contribution in [2.75, 3.05) is 23.9 Å². The van der Waals surface area contributed by atoms with Gasteiger partial charge in [0.05, 0.1) is 22.2 Å². The van der Waals surface area contributed by atoms with E-state index < -0.39 is 0 Å². The van der Waals surface area contributed by atoms with Gasteiger partial charge in [0.15, 0.2) is 0 Å². The average molecular weight is 758 g/mol. The fraction of sp³-hybridized carbons (Fsp3) is 0.368. The molecule has 0 spiro atoms. The van der Waals surface area contributed by atoms with Crippen LogP contribution in [-0.4, -0.2) is 23.9 Å². The van der Waals surface area contributed by atoms with Crippen molar-refractivity contribution in [2.24, 2.45) is 0 Å². The van der Waals surface area contributed by atoms with Gasteiger partial charge in [-0.1, -0.05) is 57.8 Å². The van der Waals surface area contributed by atoms with Gasteiger partial charge in [0.2, 0.25) is 0 Å². The quantitative estimate of drug-likeness (QED) is 0.199. The maximum Gasteiger partial charge on any atom is 0.149 e. The van der Waals surface area contributed by atoms with Crippen molar-refractivity contribution < 1.29 is 9.47 Å². The molecule has 0 aliphatic carbocycles. The lowest BCUT2D eigenvalue weighted by Crippen LogP contribution is -2.21. The van der Waals surface area contributed by atoms with Crippen molar-refractivity contribution in [1.82, 2.24) is 0 Å². The first kappa shape index (κ1) is 24.2. The number of ether oxygens (including phenoxy) is 2. The van der Waals surface area contributed by atoms with Crippen LogP contribution in [-0.2, 0) is 5.41 Å². The lowest BCUT2D eigenvalue weighted by atomic mass is 9.78. The molecule has 2 aromatic carbocycles. The monoisotopic (exact) mass is 752 g/mol. The minimum atomic E-state index is -0.259. The molecule has 2 rings (SSSR count). The summed E-state index contributed by atoms with van der Waals surface area (Å²) in [6.45, 7) is 5.62. The third-order valence-corrected chi connectivity index (χ3v) is 8.90. The fourth-order valence-corrected chi connectivity index (χ4v) is 6.32. The van der Waals surface area contributed by atoms with Gasteiger partial charge in [0, 0.05) is 25.0 Å². The van der Waals surface area contributed by atoms with Crippen LogP contribution in [0.2, 0.25) is 0 Å². The van der Waals surface area contributed by atoms with Crippen molar-refractivity contribution in [3.63, 3.8) is 0 Å². The summed E-state index contributed by atoms with van der Waals surface area (Å²) in [6.07, 6.45) is 0. The van der Waals surface area contributed by atoms with Gasteiger partial charge in [-0.05, 0) is 87.0 Å². The van der Waals surface area contributed by atoms with Gasteiger partial charge in [-0.2, -0.15) is 0 Å². The molecule has 0 aliphatic heterocycles. The molecular formula is C19H18Br6O2. The molecule has 0 unspecified atom stereocenters. The first-order chi connectivity index (χ1) is 12.8. The molecule has 0 saturated heterocycles. The van der Waals surface area contributed by atoms with Crippen molar-refractivity contribution in [1.29, 1.82) is 0 Å². The second kappa shape index (κ2) is 10.8. The van der Waals surface area contributed by atoms with Crippen LogP contribution in [0.15, 0.2) is 42.2 Å². The van der Waals surface area contributed by atoms with Crippen LogP contribution < -0.4 is 9.47 Å². The predicted molar refractivity (Wildman–Crippen MR) is 134 cm³/mol. The second-order valence-electron chi connectivity index (χ2n) is 6.18. The molecule has 148 valence electrons. The van der Waals surface area contributed by atoms with Gasteiger partial charge in [-0.3, -0.25) is 0 Å². The number of benzene rings is 2. The maximum atomic E-state index is 5.88. The Morgan fingerprint density at radius 2 is 1.22 bits per heavy atom. The minimum Gasteiger partial charge on any atom is -0.493 e. The van der Waals surface area contributed by atoms with Gasteiger partial charge in [-0.15, -0.1) is 0 Å². The lowest BCUT2D eigenvalue weighted by Gasteiger charge is -2.30. The van der Waals surface area contributed by atoms with E-state index in [9.17, 15) is 0 Å². The van der Waals surface area contributed by atoms with Gasteiger partial charge in [0.1, 0.15) is 11.5 Å². The van der Waals surface area contributed by atoms with Crippen molar-refractivity contribution >= 4 is 95.6 Å². The molecule has 0 atom stereocenters. The Labute approximate surface area is 210 Å². The number of hydrogen-bond acceptors (Lipinski definition) is 2. The molecule has 0 bridgehead atoms. The molecule has 2 aromatic rings. The Morgan fingerprint density at radius 3 is 1.70 bits per heavy atom. The molecule has 0 N–H and O–H groups in total. The summed E-state index contributed by atoms with van der Waals surface area (Å²) in [5, 5.41) is 1.57. The topological polar surface area (TPSA) is 18.5 Å². The molecule has 2 nitrogen and oxygen atoms in total. The van der Waals surface area contributed by atoms with Crippen LogP contribution >= 0.6 is 95.6 Å². The summed E-state index contributed by atoms with van der Waals surface area (Å²) in [5.74, 6) is 1.64. The summed E-state index contributed by atoms with van der Waals surface area (Å²) < 4.78 is 15.3. The molecule has 0 aliphatic rings. The third kappa shape index (κ3) is 5.54. The van der Waals surface area contributed by atoms with Crippen LogP contribution in [0.1, 0.15) is 25.0 Å². The smallest absolute Gasteiger partial charge is 0.149 e. The van der Waals surface area contributed by atoms with Crippen LogP contribution in [0.5, 0.6) is 11.5 Å². The largest absolute Gasteiger partial charge is 0.493 e. The Hall–Kier alpha value is 0.920. The molecule has 27 heavy (non-hydrogen) atoms. The second-order valence-corrected chi connectivity index (χ2v) is 10.9. The zero-order valence-electron chi connectivity index (χ0n) is 14.7. The van der Waals surface area contributed by atoms with Gasteiger partial charge in [0.25, 0.3) is 0 Å². The highest BCUT2D eigenvalue weighted by Crippen LogP contribution is 2.51. The Kier molecular flexibility index (Phi) is 9.68. The summed E-state index contributed by atoms with van der Waals surface area (Å²) in [5.41, 5.74) is 2.05. The van der Waals surface area contributed by atoms with E-state index in [1.165, 1.54) is 5.56 Å². The number of alkyl halides is 2. The van der Waals surface area contributed by atoms with E-state index in [1.54, 1.807) is 0 Å². The van der Waals surface area contributed by atoms with E-state index in [0.29, 0.717) is 13.2 Å². The first-order valence-corrected chi connectivity index (χ1v) is 13.5. The Morgan fingerprint density at radius 1 is 0.741 bits per heavy atom. The van der Waals surface area contributed by atoms with E-state index in [2.05, 4.69) is 122 Å².